The van der Waals surface area contributed by atoms with Gasteiger partial charge in [0.15, 0.2) is 17.5 Å². The number of nitrogens with zero attached hydrogens (tertiary/aromatic N) is 8. The Labute approximate surface area is 274 Å². The molecular formula is C34H44FN9O3. The molecule has 2 N–H and O–H groups in total. The third-order valence-corrected chi connectivity index (χ3v) is 8.74. The molecule has 250 valence electrons. The number of piperazine rings is 1. The molecule has 2 aliphatic rings. The van der Waals surface area contributed by atoms with Crippen molar-refractivity contribution in [3.8, 4) is 17.1 Å². The molecule has 12 nitrogen and oxygen atoms in total. The Kier molecular flexibility index (Phi) is 10.1. The van der Waals surface area contributed by atoms with Gasteiger partial charge >= 0.3 is 0 Å². The lowest BCUT2D eigenvalue weighted by Crippen LogP contribution is -2.48. The maximum atomic E-state index is 16.3. The van der Waals surface area contributed by atoms with E-state index in [1.165, 1.54) is 12.5 Å². The zero-order valence-electron chi connectivity index (χ0n) is 27.3. The molecule has 47 heavy (non-hydrogen) atoms. The van der Waals surface area contributed by atoms with Crippen LogP contribution in [0.25, 0.3) is 16.9 Å². The van der Waals surface area contributed by atoms with E-state index >= 15 is 4.39 Å². The number of aromatic nitrogens is 4. The van der Waals surface area contributed by atoms with Gasteiger partial charge in [0.05, 0.1) is 17.3 Å². The van der Waals surface area contributed by atoms with Gasteiger partial charge in [0, 0.05) is 64.6 Å². The fraction of sp³-hybridized carbons (Fsp3) is 0.471. The number of fused-ring (bicyclic) bond motifs is 1. The third-order valence-electron chi connectivity index (χ3n) is 8.74. The highest BCUT2D eigenvalue weighted by Gasteiger charge is 2.29. The number of nitrogens with one attached hydrogen (secondary N) is 1. The van der Waals surface area contributed by atoms with Gasteiger partial charge in [-0.05, 0) is 63.7 Å². The lowest BCUT2D eigenvalue weighted by molar-refractivity contribution is -0.140. The highest BCUT2D eigenvalue weighted by molar-refractivity contribution is 5.80. The van der Waals surface area contributed by atoms with Crippen LogP contribution in [0.4, 0.5) is 16.0 Å². The number of carbonyl (C=O) groups is 1. The third kappa shape index (κ3) is 7.80. The van der Waals surface area contributed by atoms with E-state index in [1.54, 1.807) is 15.6 Å². The van der Waals surface area contributed by atoms with Gasteiger partial charge in [0.25, 0.3) is 5.91 Å². The summed E-state index contributed by atoms with van der Waals surface area (Å²) in [4.78, 5) is 30.0. The summed E-state index contributed by atoms with van der Waals surface area (Å²) in [5.74, 6) is 0.762. The van der Waals surface area contributed by atoms with Crippen LogP contribution in [-0.2, 0) is 11.3 Å². The van der Waals surface area contributed by atoms with Crippen LogP contribution < -0.4 is 15.0 Å². The first-order valence-electron chi connectivity index (χ1n) is 16.3. The quantitative estimate of drug-likeness (QED) is 0.252. The van der Waals surface area contributed by atoms with Gasteiger partial charge in [0.2, 0.25) is 5.82 Å². The van der Waals surface area contributed by atoms with Gasteiger partial charge in [-0.3, -0.25) is 9.69 Å². The van der Waals surface area contributed by atoms with Crippen molar-refractivity contribution in [1.82, 2.24) is 34.3 Å². The lowest BCUT2D eigenvalue weighted by atomic mass is 10.0. The number of hydrogen-bond donors (Lipinski definition) is 2. The molecule has 0 aliphatic carbocycles. The molecule has 6 rings (SSSR count). The molecule has 0 saturated carbocycles. The monoisotopic (exact) mass is 645 g/mol. The Bertz CT molecular complexity index is 1650. The summed E-state index contributed by atoms with van der Waals surface area (Å²) in [6.45, 7) is 7.40. The molecule has 0 spiro atoms. The molecule has 0 bridgehead atoms. The molecule has 1 amide bonds. The van der Waals surface area contributed by atoms with Crippen LogP contribution in [0, 0.1) is 5.82 Å². The van der Waals surface area contributed by atoms with Crippen molar-refractivity contribution in [1.29, 1.82) is 0 Å². The average molecular weight is 646 g/mol. The Balaban J connectivity index is 1.19. The summed E-state index contributed by atoms with van der Waals surface area (Å²) in [5, 5.41) is 17.6. The molecule has 5 heterocycles. The van der Waals surface area contributed by atoms with E-state index in [4.69, 9.17) is 9.72 Å². The summed E-state index contributed by atoms with van der Waals surface area (Å²) in [6, 6.07) is 13.8. The minimum Gasteiger partial charge on any atom is -0.492 e. The van der Waals surface area contributed by atoms with Crippen LogP contribution >= 0.6 is 0 Å². The van der Waals surface area contributed by atoms with Crippen LogP contribution in [0.1, 0.15) is 25.3 Å². The highest BCUT2D eigenvalue weighted by Crippen LogP contribution is 2.31. The number of likely N-dealkylation sites (N-methyl/N-ethyl adjacent to an activating group) is 1. The van der Waals surface area contributed by atoms with Crippen molar-refractivity contribution in [3.05, 3.63) is 66.2 Å². The number of amides is 1. The number of halogens is 1. The largest absolute Gasteiger partial charge is 0.492 e. The average Bonchev–Trinajstić information content (AvgIpc) is 3.51. The first kappa shape index (κ1) is 32.6. The number of pyridine rings is 1. The molecule has 2 saturated heterocycles. The van der Waals surface area contributed by atoms with Crippen LogP contribution in [0.2, 0.25) is 0 Å². The molecule has 0 unspecified atom stereocenters. The standard InChI is InChI=1S/C34H44FN9O3/c1-24(45)34(46)43-13-6-7-26(23-43)37-32-30(35)33(39-31(38-32)28-21-36-44-14-5-4-8-29(28)44)42-17-15-41(16-18-42)22-25-9-11-27(12-10-25)47-20-19-40(2)3/h4-5,8-12,14,21,24,26,45H,6-7,13,15-20,22-23H2,1-3H3,(H,37,38,39)/t24-,26+/m0/s1. The first-order chi connectivity index (χ1) is 22.7. The second-order valence-corrected chi connectivity index (χ2v) is 12.6. The Hall–Kier alpha value is -4.33. The topological polar surface area (TPSA) is 115 Å². The van der Waals surface area contributed by atoms with E-state index in [0.717, 1.165) is 50.3 Å². The van der Waals surface area contributed by atoms with E-state index in [1.807, 2.05) is 55.5 Å². The minimum absolute atomic E-state index is 0.104. The predicted molar refractivity (Wildman–Crippen MR) is 179 cm³/mol. The van der Waals surface area contributed by atoms with Gasteiger partial charge in [-0.25, -0.2) is 14.5 Å². The van der Waals surface area contributed by atoms with Crippen molar-refractivity contribution in [2.75, 3.05) is 76.7 Å². The van der Waals surface area contributed by atoms with Crippen LogP contribution in [0.15, 0.2) is 54.9 Å². The molecule has 2 atom stereocenters. The van der Waals surface area contributed by atoms with Gasteiger partial charge in [-0.1, -0.05) is 18.2 Å². The Morgan fingerprint density at radius 3 is 2.64 bits per heavy atom. The lowest BCUT2D eigenvalue weighted by Gasteiger charge is -2.36. The maximum Gasteiger partial charge on any atom is 0.251 e. The second kappa shape index (κ2) is 14.6. The first-order valence-corrected chi connectivity index (χ1v) is 16.3. The summed E-state index contributed by atoms with van der Waals surface area (Å²) in [5.41, 5.74) is 2.72. The number of anilines is 2. The van der Waals surface area contributed by atoms with E-state index in [0.29, 0.717) is 44.2 Å². The molecule has 4 aromatic rings. The molecule has 0 radical (unpaired) electrons. The number of piperidine rings is 1. The number of aliphatic hydroxyl groups is 1. The molecule has 13 heteroatoms. The van der Waals surface area contributed by atoms with Gasteiger partial charge in [-0.2, -0.15) is 9.49 Å². The van der Waals surface area contributed by atoms with Crippen LogP contribution in [-0.4, -0.2) is 124 Å². The second-order valence-electron chi connectivity index (χ2n) is 12.6. The van der Waals surface area contributed by atoms with Crippen molar-refractivity contribution < 1.29 is 19.0 Å². The van der Waals surface area contributed by atoms with Gasteiger partial charge in [-0.15, -0.1) is 0 Å². The number of aliphatic hydroxyl groups excluding tert-OH is 1. The molecular weight excluding hydrogens is 601 g/mol. The predicted octanol–water partition coefficient (Wildman–Crippen LogP) is 2.98. The van der Waals surface area contributed by atoms with Gasteiger partial charge < -0.3 is 29.9 Å². The highest BCUT2D eigenvalue weighted by atomic mass is 19.1. The van der Waals surface area contributed by atoms with Crippen molar-refractivity contribution >= 4 is 23.1 Å². The summed E-state index contributed by atoms with van der Waals surface area (Å²) < 4.78 is 23.9. The van der Waals surface area contributed by atoms with Gasteiger partial charge in [0.1, 0.15) is 18.5 Å². The van der Waals surface area contributed by atoms with E-state index < -0.39 is 11.9 Å². The fourth-order valence-electron chi connectivity index (χ4n) is 6.13. The normalized spacial score (nSPS) is 18.1. The number of carbonyl (C=O) groups excluding carboxylic acids is 1. The molecule has 2 fully saturated rings. The zero-order chi connectivity index (χ0) is 32.9. The van der Waals surface area contributed by atoms with E-state index in [9.17, 15) is 9.90 Å². The molecule has 2 aliphatic heterocycles. The van der Waals surface area contributed by atoms with Crippen molar-refractivity contribution in [3.63, 3.8) is 0 Å². The fourth-order valence-corrected chi connectivity index (χ4v) is 6.13. The Morgan fingerprint density at radius 1 is 1.11 bits per heavy atom. The number of hydrogen-bond acceptors (Lipinski definition) is 10. The maximum absolute atomic E-state index is 16.3. The summed E-state index contributed by atoms with van der Waals surface area (Å²) >= 11 is 0. The van der Waals surface area contributed by atoms with E-state index in [2.05, 4.69) is 37.3 Å². The Morgan fingerprint density at radius 2 is 1.89 bits per heavy atom. The summed E-state index contributed by atoms with van der Waals surface area (Å²) in [6.07, 6.45) is 3.96. The zero-order valence-corrected chi connectivity index (χ0v) is 27.3. The van der Waals surface area contributed by atoms with Crippen molar-refractivity contribution in [2.45, 2.75) is 38.5 Å². The molecule has 1 aromatic carbocycles. The van der Waals surface area contributed by atoms with Crippen LogP contribution in [0.5, 0.6) is 5.75 Å². The number of ether oxygens (including phenoxy) is 1. The summed E-state index contributed by atoms with van der Waals surface area (Å²) in [7, 11) is 4.05. The molecule has 3 aromatic heterocycles. The number of rotatable bonds is 11. The van der Waals surface area contributed by atoms with E-state index in [-0.39, 0.29) is 23.6 Å². The van der Waals surface area contributed by atoms with Crippen molar-refractivity contribution in [2.24, 2.45) is 0 Å². The SMILES string of the molecule is C[C@H](O)C(=O)N1CCC[C@@H](Nc2nc(-c3cnn4ccccc34)nc(N3CCN(Cc4ccc(OCCN(C)C)cc4)CC3)c2F)C1. The van der Waals surface area contributed by atoms with Crippen LogP contribution in [0.3, 0.4) is 0 Å². The smallest absolute Gasteiger partial charge is 0.251 e. The number of benzene rings is 1. The minimum atomic E-state index is -1.08. The number of likely N-dealkylation sites (tertiary alicyclic amines) is 1.